The number of nitrogens with one attached hydrogen (secondary N) is 2. The lowest BCUT2D eigenvalue weighted by Crippen LogP contribution is -2.17. The standard InChI is InChI=1S/C13H14N4S/c1-9(14-7-13-15-8-16-17-13)12-6-10-4-2-3-5-11(10)18-12/h2-6,8-9,14H,7H2,1H3,(H,15,16,17). The minimum atomic E-state index is 0.312. The van der Waals surface area contributed by atoms with Crippen LogP contribution in [0.2, 0.25) is 0 Å². The number of aromatic nitrogens is 3. The monoisotopic (exact) mass is 258 g/mol. The van der Waals surface area contributed by atoms with Crippen LogP contribution in [0.4, 0.5) is 0 Å². The summed E-state index contributed by atoms with van der Waals surface area (Å²) in [6.45, 7) is 2.87. The van der Waals surface area contributed by atoms with Gasteiger partial charge in [0.1, 0.15) is 12.2 Å². The predicted octanol–water partition coefficient (Wildman–Crippen LogP) is 2.87. The van der Waals surface area contributed by atoms with Crippen LogP contribution in [0.25, 0.3) is 10.1 Å². The summed E-state index contributed by atoms with van der Waals surface area (Å²) >= 11 is 1.83. The van der Waals surface area contributed by atoms with Crippen LogP contribution in [0.15, 0.2) is 36.7 Å². The van der Waals surface area contributed by atoms with E-state index in [1.54, 1.807) is 0 Å². The van der Waals surface area contributed by atoms with E-state index >= 15 is 0 Å². The molecule has 0 bridgehead atoms. The molecule has 2 N–H and O–H groups in total. The van der Waals surface area contributed by atoms with Crippen molar-refractivity contribution in [2.75, 3.05) is 0 Å². The summed E-state index contributed by atoms with van der Waals surface area (Å²) < 4.78 is 1.33. The second kappa shape index (κ2) is 4.88. The molecule has 0 spiro atoms. The van der Waals surface area contributed by atoms with Crippen LogP contribution in [0.1, 0.15) is 23.7 Å². The average Bonchev–Trinajstić information content (AvgIpc) is 3.04. The van der Waals surface area contributed by atoms with Crippen molar-refractivity contribution in [1.29, 1.82) is 0 Å². The fourth-order valence-electron chi connectivity index (χ4n) is 1.88. The first-order valence-electron chi connectivity index (χ1n) is 5.89. The summed E-state index contributed by atoms with van der Waals surface area (Å²) in [5.74, 6) is 0.864. The molecular formula is C13H14N4S. The lowest BCUT2D eigenvalue weighted by Gasteiger charge is -2.09. The first-order chi connectivity index (χ1) is 8.83. The Kier molecular flexibility index (Phi) is 3.08. The minimum absolute atomic E-state index is 0.312. The zero-order valence-corrected chi connectivity index (χ0v) is 10.9. The Morgan fingerprint density at radius 3 is 3.06 bits per heavy atom. The molecule has 0 radical (unpaired) electrons. The highest BCUT2D eigenvalue weighted by molar-refractivity contribution is 7.19. The van der Waals surface area contributed by atoms with Crippen molar-refractivity contribution in [1.82, 2.24) is 20.5 Å². The first kappa shape index (κ1) is 11.4. The quantitative estimate of drug-likeness (QED) is 0.756. The summed E-state index contributed by atoms with van der Waals surface area (Å²) in [6, 6.07) is 11.0. The van der Waals surface area contributed by atoms with Crippen LogP contribution in [0.5, 0.6) is 0 Å². The second-order valence-electron chi connectivity index (χ2n) is 4.22. The lowest BCUT2D eigenvalue weighted by molar-refractivity contribution is 0.568. The largest absolute Gasteiger partial charge is 0.302 e. The highest BCUT2D eigenvalue weighted by Crippen LogP contribution is 2.29. The van der Waals surface area contributed by atoms with Crippen LogP contribution in [-0.4, -0.2) is 15.2 Å². The zero-order chi connectivity index (χ0) is 12.4. The molecule has 5 heteroatoms. The molecule has 2 aromatic heterocycles. The van der Waals surface area contributed by atoms with Gasteiger partial charge in [-0.25, -0.2) is 4.98 Å². The van der Waals surface area contributed by atoms with Gasteiger partial charge in [-0.1, -0.05) is 18.2 Å². The molecule has 3 aromatic rings. The van der Waals surface area contributed by atoms with Crippen molar-refractivity contribution in [3.63, 3.8) is 0 Å². The molecule has 1 atom stereocenters. The van der Waals surface area contributed by atoms with Crippen molar-refractivity contribution < 1.29 is 0 Å². The number of hydrogen-bond donors (Lipinski definition) is 2. The van der Waals surface area contributed by atoms with Crippen LogP contribution < -0.4 is 5.32 Å². The molecule has 0 saturated carbocycles. The molecule has 3 rings (SSSR count). The molecule has 4 nitrogen and oxygen atoms in total. The number of fused-ring (bicyclic) bond motifs is 1. The van der Waals surface area contributed by atoms with Crippen molar-refractivity contribution in [3.05, 3.63) is 47.4 Å². The second-order valence-corrected chi connectivity index (χ2v) is 5.34. The fraction of sp³-hybridized carbons (Fsp3) is 0.231. The zero-order valence-electron chi connectivity index (χ0n) is 10.1. The van der Waals surface area contributed by atoms with Crippen molar-refractivity contribution in [3.8, 4) is 0 Å². The van der Waals surface area contributed by atoms with E-state index in [0.29, 0.717) is 12.6 Å². The van der Waals surface area contributed by atoms with E-state index < -0.39 is 0 Å². The molecule has 1 unspecified atom stereocenters. The number of benzene rings is 1. The van der Waals surface area contributed by atoms with Gasteiger partial charge in [0.25, 0.3) is 0 Å². The molecule has 0 aliphatic rings. The van der Waals surface area contributed by atoms with Gasteiger partial charge in [0.2, 0.25) is 0 Å². The van der Waals surface area contributed by atoms with Gasteiger partial charge in [0.05, 0.1) is 6.54 Å². The molecule has 0 aliphatic heterocycles. The summed E-state index contributed by atoms with van der Waals surface area (Å²) in [5, 5.41) is 11.4. The number of thiophene rings is 1. The lowest BCUT2D eigenvalue weighted by atomic mass is 10.2. The maximum Gasteiger partial charge on any atom is 0.138 e. The third-order valence-electron chi connectivity index (χ3n) is 2.91. The molecule has 18 heavy (non-hydrogen) atoms. The van der Waals surface area contributed by atoms with Crippen molar-refractivity contribution >= 4 is 21.4 Å². The SMILES string of the molecule is CC(NCc1ncn[nH]1)c1cc2ccccc2s1. The third-order valence-corrected chi connectivity index (χ3v) is 4.21. The van der Waals surface area contributed by atoms with Gasteiger partial charge in [0, 0.05) is 15.6 Å². The van der Waals surface area contributed by atoms with Gasteiger partial charge in [-0.3, -0.25) is 5.10 Å². The number of nitrogens with zero attached hydrogens (tertiary/aromatic N) is 2. The first-order valence-corrected chi connectivity index (χ1v) is 6.70. The van der Waals surface area contributed by atoms with Crippen LogP contribution >= 0.6 is 11.3 Å². The Bertz CT molecular complexity index is 596. The van der Waals surface area contributed by atoms with Crippen molar-refractivity contribution in [2.45, 2.75) is 19.5 Å². The van der Waals surface area contributed by atoms with Crippen LogP contribution in [-0.2, 0) is 6.54 Å². The highest BCUT2D eigenvalue weighted by Gasteiger charge is 2.09. The Morgan fingerprint density at radius 1 is 1.39 bits per heavy atom. The molecule has 0 saturated heterocycles. The summed E-state index contributed by atoms with van der Waals surface area (Å²) in [4.78, 5) is 5.44. The number of H-pyrrole nitrogens is 1. The summed E-state index contributed by atoms with van der Waals surface area (Å²) in [7, 11) is 0. The van der Waals surface area contributed by atoms with Gasteiger partial charge in [-0.15, -0.1) is 11.3 Å². The smallest absolute Gasteiger partial charge is 0.138 e. The van der Waals surface area contributed by atoms with Crippen molar-refractivity contribution in [2.24, 2.45) is 0 Å². The van der Waals surface area contributed by atoms with E-state index in [0.717, 1.165) is 5.82 Å². The molecular weight excluding hydrogens is 244 g/mol. The topological polar surface area (TPSA) is 53.6 Å². The molecule has 92 valence electrons. The van der Waals surface area contributed by atoms with E-state index in [-0.39, 0.29) is 0 Å². The Morgan fingerprint density at radius 2 is 2.28 bits per heavy atom. The maximum atomic E-state index is 4.10. The number of rotatable bonds is 4. The van der Waals surface area contributed by atoms with Crippen LogP contribution in [0.3, 0.4) is 0 Å². The van der Waals surface area contributed by atoms with Gasteiger partial charge in [-0.05, 0) is 24.4 Å². The van der Waals surface area contributed by atoms with E-state index in [9.17, 15) is 0 Å². The Balaban J connectivity index is 1.73. The Hall–Kier alpha value is -1.72. The minimum Gasteiger partial charge on any atom is -0.302 e. The maximum absolute atomic E-state index is 4.10. The number of aromatic amines is 1. The highest BCUT2D eigenvalue weighted by atomic mass is 32.1. The van der Waals surface area contributed by atoms with E-state index in [2.05, 4.69) is 57.8 Å². The van der Waals surface area contributed by atoms with Gasteiger partial charge >= 0.3 is 0 Å². The molecule has 1 aromatic carbocycles. The number of hydrogen-bond acceptors (Lipinski definition) is 4. The molecule has 2 heterocycles. The average molecular weight is 258 g/mol. The van der Waals surface area contributed by atoms with E-state index in [1.165, 1.54) is 21.3 Å². The van der Waals surface area contributed by atoms with E-state index in [4.69, 9.17) is 0 Å². The van der Waals surface area contributed by atoms with Crippen LogP contribution in [0, 0.1) is 0 Å². The normalized spacial score (nSPS) is 12.9. The fourth-order valence-corrected chi connectivity index (χ4v) is 2.97. The molecule has 0 aliphatic carbocycles. The summed E-state index contributed by atoms with van der Waals surface area (Å²) in [6.07, 6.45) is 1.53. The van der Waals surface area contributed by atoms with Gasteiger partial charge in [-0.2, -0.15) is 5.10 Å². The van der Waals surface area contributed by atoms with Gasteiger partial charge < -0.3 is 5.32 Å². The van der Waals surface area contributed by atoms with Gasteiger partial charge in [0.15, 0.2) is 0 Å². The Labute approximate surface area is 109 Å². The molecule has 0 amide bonds. The third kappa shape index (κ3) is 2.27. The summed E-state index contributed by atoms with van der Waals surface area (Å²) in [5.41, 5.74) is 0. The van der Waals surface area contributed by atoms with E-state index in [1.807, 2.05) is 11.3 Å². The molecule has 0 fully saturated rings. The predicted molar refractivity (Wildman–Crippen MR) is 73.5 cm³/mol.